The molecule has 0 unspecified atom stereocenters. The molecule has 0 atom stereocenters. The smallest absolute Gasteiger partial charge is 0.270 e. The molecule has 1 aliphatic heterocycles. The van der Waals surface area contributed by atoms with E-state index < -0.39 is 5.54 Å². The minimum absolute atomic E-state index is 0.126. The second kappa shape index (κ2) is 10.2. The number of amides is 2. The van der Waals surface area contributed by atoms with E-state index in [4.69, 9.17) is 22.7 Å². The Bertz CT molecular complexity index is 1240. The third-order valence-electron chi connectivity index (χ3n) is 6.35. The molecule has 0 saturated carbocycles. The number of anilines is 1. The number of hydrogen-bond acceptors (Lipinski definition) is 5. The van der Waals surface area contributed by atoms with Crippen molar-refractivity contribution in [1.29, 1.82) is 5.41 Å². The average molecular weight is 528 g/mol. The van der Waals surface area contributed by atoms with Crippen LogP contribution < -0.4 is 16.4 Å². The van der Waals surface area contributed by atoms with Gasteiger partial charge in [-0.15, -0.1) is 0 Å². The molecule has 0 spiro atoms. The van der Waals surface area contributed by atoms with Crippen LogP contribution in [-0.4, -0.2) is 51.2 Å². The van der Waals surface area contributed by atoms with Gasteiger partial charge in [-0.05, 0) is 56.9 Å². The summed E-state index contributed by atoms with van der Waals surface area (Å²) in [7, 11) is 0. The van der Waals surface area contributed by atoms with E-state index in [1.165, 1.54) is 6.08 Å². The second-order valence-electron chi connectivity index (χ2n) is 11.5. The summed E-state index contributed by atoms with van der Waals surface area (Å²) in [5.41, 5.74) is 8.47. The van der Waals surface area contributed by atoms with Crippen LogP contribution in [0.3, 0.4) is 0 Å². The zero-order valence-corrected chi connectivity index (χ0v) is 23.5. The summed E-state index contributed by atoms with van der Waals surface area (Å²) in [6.07, 6.45) is 1.27. The first kappa shape index (κ1) is 28.2. The molecule has 1 saturated heterocycles. The Balaban J connectivity index is 1.82. The first-order valence-corrected chi connectivity index (χ1v) is 12.7. The molecule has 5 N–H and O–H groups in total. The van der Waals surface area contributed by atoms with Gasteiger partial charge in [0, 0.05) is 34.9 Å². The van der Waals surface area contributed by atoms with Crippen LogP contribution in [0.4, 0.5) is 5.69 Å². The Hall–Kier alpha value is -3.33. The highest BCUT2D eigenvalue weighted by molar-refractivity contribution is 6.32. The number of aromatic nitrogens is 2. The molecule has 0 radical (unpaired) electrons. The number of nitrogens with one attached hydrogen (secondary N) is 3. The summed E-state index contributed by atoms with van der Waals surface area (Å²) >= 11 is 6.42. The number of nitrogens with two attached hydrogens (primary N) is 1. The van der Waals surface area contributed by atoms with Crippen molar-refractivity contribution >= 4 is 34.9 Å². The van der Waals surface area contributed by atoms with E-state index in [1.807, 2.05) is 31.4 Å². The summed E-state index contributed by atoms with van der Waals surface area (Å²) in [4.78, 5) is 31.3. The summed E-state index contributed by atoms with van der Waals surface area (Å²) in [5, 5.41) is 15.4. The molecule has 3 rings (SSSR count). The van der Waals surface area contributed by atoms with Crippen LogP contribution >= 0.6 is 11.6 Å². The quantitative estimate of drug-likeness (QED) is 0.197. The minimum Gasteiger partial charge on any atom is -0.398 e. The zero-order chi connectivity index (χ0) is 27.9. The van der Waals surface area contributed by atoms with Crippen molar-refractivity contribution in [2.24, 2.45) is 0 Å². The molecule has 1 aromatic carbocycles. The summed E-state index contributed by atoms with van der Waals surface area (Å²) < 4.78 is 1.90. The number of carbonyl (C=O) groups is 2. The van der Waals surface area contributed by atoms with Gasteiger partial charge in [-0.25, -0.2) is 4.98 Å². The third-order valence-corrected chi connectivity index (χ3v) is 6.66. The normalized spacial score (nSPS) is 14.2. The molecule has 9 nitrogen and oxygen atoms in total. The van der Waals surface area contributed by atoms with Gasteiger partial charge in [-0.2, -0.15) is 0 Å². The number of imidazole rings is 1. The maximum Gasteiger partial charge on any atom is 0.270 e. The Kier molecular flexibility index (Phi) is 7.79. The number of benzene rings is 1. The van der Waals surface area contributed by atoms with Crippen LogP contribution in [0.2, 0.25) is 5.02 Å². The molecule has 1 fully saturated rings. The Labute approximate surface area is 224 Å². The molecule has 2 heterocycles. The lowest BCUT2D eigenvalue weighted by molar-refractivity contribution is -0.130. The Morgan fingerprint density at radius 1 is 1.24 bits per heavy atom. The highest BCUT2D eigenvalue weighted by Crippen LogP contribution is 2.33. The number of nitrogen functional groups attached to an aromatic ring is 1. The summed E-state index contributed by atoms with van der Waals surface area (Å²) in [5.74, 6) is 0.385. The van der Waals surface area contributed by atoms with Crippen LogP contribution in [0.25, 0.3) is 0 Å². The highest BCUT2D eigenvalue weighted by Gasteiger charge is 2.34. The van der Waals surface area contributed by atoms with E-state index >= 15 is 0 Å². The number of carbonyl (C=O) groups excluding carboxylic acids is 2. The summed E-state index contributed by atoms with van der Waals surface area (Å²) in [6.45, 7) is 18.6. The van der Waals surface area contributed by atoms with E-state index in [2.05, 4.69) is 43.0 Å². The van der Waals surface area contributed by atoms with E-state index in [0.29, 0.717) is 46.6 Å². The van der Waals surface area contributed by atoms with Gasteiger partial charge in [0.15, 0.2) is 0 Å². The summed E-state index contributed by atoms with van der Waals surface area (Å²) in [6, 6.07) is 3.41. The van der Waals surface area contributed by atoms with Crippen LogP contribution in [0.15, 0.2) is 24.8 Å². The van der Waals surface area contributed by atoms with Crippen LogP contribution in [-0.2, 0) is 22.3 Å². The van der Waals surface area contributed by atoms with Crippen LogP contribution in [0.5, 0.6) is 0 Å². The fourth-order valence-corrected chi connectivity index (χ4v) is 4.93. The first-order valence-electron chi connectivity index (χ1n) is 12.3. The molecule has 0 bridgehead atoms. The van der Waals surface area contributed by atoms with Crippen molar-refractivity contribution in [1.82, 2.24) is 25.1 Å². The minimum atomic E-state index is -0.448. The van der Waals surface area contributed by atoms with Crippen molar-refractivity contribution in [3.05, 3.63) is 58.1 Å². The number of hydrogen-bond donors (Lipinski definition) is 4. The van der Waals surface area contributed by atoms with E-state index in [-0.39, 0.29) is 35.7 Å². The number of rotatable bonds is 6. The SMILES string of the molecule is C=CC(=O)N1CC(NC(=O)c2c(C)nc(CNC(=N)c3cc(C(C)(C)C)c(Cl)cc3N)n2C(C)(C)C)C1. The van der Waals surface area contributed by atoms with Gasteiger partial charge in [-0.1, -0.05) is 39.0 Å². The van der Waals surface area contributed by atoms with Crippen molar-refractivity contribution in [2.45, 2.75) is 72.0 Å². The van der Waals surface area contributed by atoms with Gasteiger partial charge >= 0.3 is 0 Å². The van der Waals surface area contributed by atoms with Crippen molar-refractivity contribution in [3.8, 4) is 0 Å². The van der Waals surface area contributed by atoms with E-state index in [0.717, 1.165) is 5.56 Å². The molecule has 0 aliphatic carbocycles. The average Bonchev–Trinajstić information content (AvgIpc) is 3.09. The fourth-order valence-electron chi connectivity index (χ4n) is 4.47. The van der Waals surface area contributed by atoms with Crippen molar-refractivity contribution in [3.63, 3.8) is 0 Å². The predicted molar refractivity (Wildman–Crippen MR) is 148 cm³/mol. The molecule has 10 heteroatoms. The number of aryl methyl sites for hydroxylation is 1. The lowest BCUT2D eigenvalue weighted by atomic mass is 9.85. The fraction of sp³-hybridized carbons (Fsp3) is 0.481. The van der Waals surface area contributed by atoms with Gasteiger partial charge in [0.1, 0.15) is 17.4 Å². The monoisotopic (exact) mass is 527 g/mol. The number of amidine groups is 1. The lowest BCUT2D eigenvalue weighted by Gasteiger charge is -2.39. The van der Waals surface area contributed by atoms with Crippen molar-refractivity contribution in [2.75, 3.05) is 18.8 Å². The molecule has 1 aromatic heterocycles. The number of likely N-dealkylation sites (tertiary alicyclic amines) is 1. The molecular weight excluding hydrogens is 490 g/mol. The standard InChI is InChI=1S/C27H38ClN7O2/c1-9-22(36)34-13-16(14-34)33-25(37)23-15(2)32-21(35(23)27(6,7)8)12-31-24(30)17-10-18(26(3,4)5)19(28)11-20(17)29/h9-11,16H,1,12-14,29H2,2-8H3,(H2,30,31)(H,33,37). The second-order valence-corrected chi connectivity index (χ2v) is 11.9. The van der Waals surface area contributed by atoms with Gasteiger partial charge in [-0.3, -0.25) is 15.0 Å². The largest absolute Gasteiger partial charge is 0.398 e. The van der Waals surface area contributed by atoms with Gasteiger partial charge in [0.2, 0.25) is 5.91 Å². The molecule has 2 amide bonds. The molecular formula is C27H38ClN7O2. The highest BCUT2D eigenvalue weighted by atomic mass is 35.5. The lowest BCUT2D eigenvalue weighted by Crippen LogP contribution is -2.60. The molecule has 2 aromatic rings. The Morgan fingerprint density at radius 3 is 2.41 bits per heavy atom. The van der Waals surface area contributed by atoms with Crippen LogP contribution in [0, 0.1) is 12.3 Å². The van der Waals surface area contributed by atoms with Gasteiger partial charge in [0.05, 0.1) is 18.3 Å². The van der Waals surface area contributed by atoms with Gasteiger partial charge < -0.3 is 25.8 Å². The topological polar surface area (TPSA) is 129 Å². The third kappa shape index (κ3) is 5.98. The van der Waals surface area contributed by atoms with E-state index in [1.54, 1.807) is 17.9 Å². The maximum absolute atomic E-state index is 13.3. The molecule has 1 aliphatic rings. The zero-order valence-electron chi connectivity index (χ0n) is 22.8. The first-order chi connectivity index (χ1) is 17.0. The Morgan fingerprint density at radius 2 is 1.86 bits per heavy atom. The molecule has 200 valence electrons. The van der Waals surface area contributed by atoms with E-state index in [9.17, 15) is 9.59 Å². The molecule has 37 heavy (non-hydrogen) atoms. The number of halogens is 1. The predicted octanol–water partition coefficient (Wildman–Crippen LogP) is 3.72. The maximum atomic E-state index is 13.3. The van der Waals surface area contributed by atoms with Gasteiger partial charge in [0.25, 0.3) is 5.91 Å². The van der Waals surface area contributed by atoms with Crippen molar-refractivity contribution < 1.29 is 9.59 Å². The van der Waals surface area contributed by atoms with Crippen LogP contribution in [0.1, 0.15) is 74.7 Å². The number of nitrogens with zero attached hydrogens (tertiary/aromatic N) is 3.